The first-order valence-electron chi connectivity index (χ1n) is 5.73. The van der Waals surface area contributed by atoms with Gasteiger partial charge in [0.2, 0.25) is 5.91 Å². The minimum absolute atomic E-state index is 0.0671. The van der Waals surface area contributed by atoms with Gasteiger partial charge in [-0.3, -0.25) is 9.59 Å². The monoisotopic (exact) mass is 226 g/mol. The molecule has 5 heteroatoms. The molecule has 0 aromatic rings. The average Bonchev–Trinajstić information content (AvgIpc) is 2.75. The Balaban J connectivity index is 2.02. The van der Waals surface area contributed by atoms with E-state index in [-0.39, 0.29) is 24.4 Å². The molecule has 0 aromatic heterocycles. The van der Waals surface area contributed by atoms with Crippen molar-refractivity contribution in [2.75, 3.05) is 13.6 Å². The Hall–Kier alpha value is -1.10. The molecule has 0 spiro atoms. The Bertz CT molecular complexity index is 316. The molecular formula is C11H18N2O3. The van der Waals surface area contributed by atoms with Crippen molar-refractivity contribution in [2.24, 2.45) is 23.5 Å². The van der Waals surface area contributed by atoms with Crippen LogP contribution in [0.1, 0.15) is 19.3 Å². The molecule has 2 saturated carbocycles. The van der Waals surface area contributed by atoms with Gasteiger partial charge in [0.05, 0.1) is 5.92 Å². The fourth-order valence-electron chi connectivity index (χ4n) is 3.24. The van der Waals surface area contributed by atoms with E-state index in [0.29, 0.717) is 11.8 Å². The minimum Gasteiger partial charge on any atom is -0.480 e. The molecule has 5 nitrogen and oxygen atoms in total. The molecule has 2 aliphatic rings. The second kappa shape index (κ2) is 4.05. The van der Waals surface area contributed by atoms with Crippen molar-refractivity contribution < 1.29 is 14.7 Å². The zero-order valence-corrected chi connectivity index (χ0v) is 9.43. The lowest BCUT2D eigenvalue weighted by atomic mass is 9.84. The van der Waals surface area contributed by atoms with E-state index in [0.717, 1.165) is 19.3 Å². The van der Waals surface area contributed by atoms with E-state index in [1.54, 1.807) is 0 Å². The van der Waals surface area contributed by atoms with Gasteiger partial charge in [-0.2, -0.15) is 0 Å². The number of likely N-dealkylation sites (N-methyl/N-ethyl adjacent to an activating group) is 1. The van der Waals surface area contributed by atoms with Crippen LogP contribution < -0.4 is 5.73 Å². The number of carboxylic acids is 1. The number of hydrogen-bond donors (Lipinski definition) is 2. The van der Waals surface area contributed by atoms with E-state index >= 15 is 0 Å². The summed E-state index contributed by atoms with van der Waals surface area (Å²) in [5, 5.41) is 8.65. The second-order valence-electron chi connectivity index (χ2n) is 5.02. The molecule has 1 amide bonds. The Labute approximate surface area is 94.6 Å². The highest BCUT2D eigenvalue weighted by Crippen LogP contribution is 2.48. The number of fused-ring (bicyclic) bond motifs is 2. The highest BCUT2D eigenvalue weighted by atomic mass is 16.4. The van der Waals surface area contributed by atoms with Crippen molar-refractivity contribution in [3.8, 4) is 0 Å². The van der Waals surface area contributed by atoms with Crippen molar-refractivity contribution in [1.82, 2.24) is 4.90 Å². The molecule has 2 aliphatic carbocycles. The van der Waals surface area contributed by atoms with Gasteiger partial charge in [0.25, 0.3) is 0 Å². The molecule has 0 heterocycles. The smallest absolute Gasteiger partial charge is 0.323 e. The van der Waals surface area contributed by atoms with E-state index in [1.165, 1.54) is 11.9 Å². The molecule has 2 bridgehead atoms. The molecule has 3 N–H and O–H groups in total. The predicted octanol–water partition coefficient (Wildman–Crippen LogP) is -0.0972. The highest BCUT2D eigenvalue weighted by Gasteiger charge is 2.49. The van der Waals surface area contributed by atoms with Crippen LogP contribution in [0.5, 0.6) is 0 Å². The molecule has 16 heavy (non-hydrogen) atoms. The number of rotatable bonds is 3. The van der Waals surface area contributed by atoms with Crippen LogP contribution in [0.4, 0.5) is 0 Å². The van der Waals surface area contributed by atoms with E-state index in [1.807, 2.05) is 0 Å². The zero-order valence-electron chi connectivity index (χ0n) is 9.43. The topological polar surface area (TPSA) is 83.6 Å². The maximum absolute atomic E-state index is 12.1. The van der Waals surface area contributed by atoms with Gasteiger partial charge >= 0.3 is 5.97 Å². The first-order valence-corrected chi connectivity index (χ1v) is 5.73. The first-order chi connectivity index (χ1) is 7.50. The van der Waals surface area contributed by atoms with Crippen molar-refractivity contribution in [2.45, 2.75) is 25.3 Å². The van der Waals surface area contributed by atoms with Crippen molar-refractivity contribution in [3.63, 3.8) is 0 Å². The standard InChI is InChI=1S/C11H18N2O3/c1-13(5-8(14)15)11(16)9-6-2-3-7(4-6)10(9)12/h6-7,9-10H,2-5,12H2,1H3,(H,14,15). The van der Waals surface area contributed by atoms with Gasteiger partial charge in [0, 0.05) is 13.1 Å². The van der Waals surface area contributed by atoms with Crippen LogP contribution in [0.15, 0.2) is 0 Å². The third kappa shape index (κ3) is 1.80. The Kier molecular flexibility index (Phi) is 2.88. The summed E-state index contributed by atoms with van der Waals surface area (Å²) >= 11 is 0. The Morgan fingerprint density at radius 1 is 1.38 bits per heavy atom. The Morgan fingerprint density at radius 3 is 2.50 bits per heavy atom. The lowest BCUT2D eigenvalue weighted by molar-refractivity contribution is -0.146. The summed E-state index contributed by atoms with van der Waals surface area (Å²) in [5.74, 6) is -0.376. The Morgan fingerprint density at radius 2 is 2.00 bits per heavy atom. The molecule has 2 rings (SSSR count). The molecule has 4 unspecified atom stereocenters. The SMILES string of the molecule is CN(CC(=O)O)C(=O)C1C2CCC(C2)C1N. The van der Waals surface area contributed by atoms with E-state index < -0.39 is 5.97 Å². The van der Waals surface area contributed by atoms with Crippen molar-refractivity contribution in [3.05, 3.63) is 0 Å². The number of carbonyl (C=O) groups excluding carboxylic acids is 1. The van der Waals surface area contributed by atoms with Crippen LogP contribution in [-0.2, 0) is 9.59 Å². The third-order valence-electron chi connectivity index (χ3n) is 4.01. The highest BCUT2D eigenvalue weighted by molar-refractivity contribution is 5.84. The quantitative estimate of drug-likeness (QED) is 0.704. The van der Waals surface area contributed by atoms with Gasteiger partial charge in [0.1, 0.15) is 6.54 Å². The van der Waals surface area contributed by atoms with Gasteiger partial charge in [-0.25, -0.2) is 0 Å². The lowest BCUT2D eigenvalue weighted by Crippen LogP contribution is -2.47. The summed E-state index contributed by atoms with van der Waals surface area (Å²) in [7, 11) is 1.54. The fraction of sp³-hybridized carbons (Fsp3) is 0.818. The summed E-state index contributed by atoms with van der Waals surface area (Å²) in [4.78, 5) is 23.9. The van der Waals surface area contributed by atoms with Gasteiger partial charge in [-0.15, -0.1) is 0 Å². The summed E-state index contributed by atoms with van der Waals surface area (Å²) in [6, 6.07) is -0.0671. The van der Waals surface area contributed by atoms with E-state index in [9.17, 15) is 9.59 Å². The van der Waals surface area contributed by atoms with Gasteiger partial charge in [-0.1, -0.05) is 0 Å². The second-order valence-corrected chi connectivity index (χ2v) is 5.02. The van der Waals surface area contributed by atoms with Crippen molar-refractivity contribution >= 4 is 11.9 Å². The lowest BCUT2D eigenvalue weighted by Gasteiger charge is -2.30. The van der Waals surface area contributed by atoms with Gasteiger partial charge in [-0.05, 0) is 31.1 Å². The molecule has 2 fully saturated rings. The van der Waals surface area contributed by atoms with Crippen molar-refractivity contribution in [1.29, 1.82) is 0 Å². The third-order valence-corrected chi connectivity index (χ3v) is 4.01. The van der Waals surface area contributed by atoms with Crippen LogP contribution in [0.2, 0.25) is 0 Å². The first kappa shape index (κ1) is 11.4. The molecule has 0 aliphatic heterocycles. The number of nitrogens with zero attached hydrogens (tertiary/aromatic N) is 1. The molecule has 0 aromatic carbocycles. The summed E-state index contributed by atoms with van der Waals surface area (Å²) in [6.07, 6.45) is 3.23. The number of amides is 1. The van der Waals surface area contributed by atoms with Crippen LogP contribution in [-0.4, -0.2) is 41.5 Å². The van der Waals surface area contributed by atoms with E-state index in [4.69, 9.17) is 10.8 Å². The number of aliphatic carboxylic acids is 1. The number of carboxylic acid groups (broad SMARTS) is 1. The summed E-state index contributed by atoms with van der Waals surface area (Å²) < 4.78 is 0. The summed E-state index contributed by atoms with van der Waals surface area (Å²) in [6.45, 7) is -0.237. The van der Waals surface area contributed by atoms with E-state index in [2.05, 4.69) is 0 Å². The molecular weight excluding hydrogens is 208 g/mol. The normalized spacial score (nSPS) is 36.4. The maximum Gasteiger partial charge on any atom is 0.323 e. The predicted molar refractivity (Wildman–Crippen MR) is 57.6 cm³/mol. The summed E-state index contributed by atoms with van der Waals surface area (Å²) in [5.41, 5.74) is 6.04. The zero-order chi connectivity index (χ0) is 11.9. The van der Waals surface area contributed by atoms with Gasteiger partial charge in [0.15, 0.2) is 0 Å². The molecule has 0 saturated heterocycles. The largest absolute Gasteiger partial charge is 0.480 e. The van der Waals surface area contributed by atoms with Crippen LogP contribution >= 0.6 is 0 Å². The molecule has 0 radical (unpaired) electrons. The average molecular weight is 226 g/mol. The van der Waals surface area contributed by atoms with Crippen LogP contribution in [0.25, 0.3) is 0 Å². The minimum atomic E-state index is -0.979. The molecule has 90 valence electrons. The fourth-order valence-corrected chi connectivity index (χ4v) is 3.24. The van der Waals surface area contributed by atoms with Crippen LogP contribution in [0.3, 0.4) is 0 Å². The van der Waals surface area contributed by atoms with Crippen LogP contribution in [0, 0.1) is 17.8 Å². The maximum atomic E-state index is 12.1. The van der Waals surface area contributed by atoms with Gasteiger partial charge < -0.3 is 15.7 Å². The number of hydrogen-bond acceptors (Lipinski definition) is 3. The number of nitrogens with two attached hydrogens (primary N) is 1. The number of carbonyl (C=O) groups is 2. The molecule has 4 atom stereocenters.